The molecule has 102 valence electrons. The molecular weight excluding hydrogens is 393 g/mol. The number of anilines is 1. The maximum Gasteiger partial charge on any atom is 0.337 e. The van der Waals surface area contributed by atoms with E-state index >= 15 is 0 Å². The summed E-state index contributed by atoms with van der Waals surface area (Å²) in [5.41, 5.74) is 0.573. The monoisotopic (exact) mass is 401 g/mol. The van der Waals surface area contributed by atoms with Gasteiger partial charge in [0.1, 0.15) is 0 Å². The quantitative estimate of drug-likeness (QED) is 0.767. The Morgan fingerprint density at radius 3 is 2.45 bits per heavy atom. The molecule has 0 unspecified atom stereocenters. The zero-order valence-electron chi connectivity index (χ0n) is 10.1. The number of rotatable bonds is 3. The molecule has 0 aliphatic heterocycles. The van der Waals surface area contributed by atoms with Gasteiger partial charge in [0.05, 0.1) is 21.8 Å². The fraction of sp³-hybridized carbons (Fsp3) is 0. The van der Waals surface area contributed by atoms with E-state index in [2.05, 4.69) is 5.32 Å². The molecule has 2 N–H and O–H groups in total. The van der Waals surface area contributed by atoms with Gasteiger partial charge in [0, 0.05) is 3.57 Å². The zero-order valence-corrected chi connectivity index (χ0v) is 13.0. The highest BCUT2D eigenvalue weighted by molar-refractivity contribution is 14.1. The summed E-state index contributed by atoms with van der Waals surface area (Å²) < 4.78 is 0.774. The third kappa shape index (κ3) is 3.29. The molecular formula is C14H9ClINO3. The van der Waals surface area contributed by atoms with Crippen LogP contribution in [0.2, 0.25) is 5.02 Å². The van der Waals surface area contributed by atoms with Gasteiger partial charge in [0.2, 0.25) is 0 Å². The predicted octanol–water partition coefficient (Wildman–Crippen LogP) is 3.90. The van der Waals surface area contributed by atoms with Crippen molar-refractivity contribution >= 4 is 51.8 Å². The molecule has 0 spiro atoms. The van der Waals surface area contributed by atoms with Crippen LogP contribution in [0.4, 0.5) is 5.69 Å². The number of carboxylic acids is 1. The molecule has 0 saturated heterocycles. The minimum absolute atomic E-state index is 0.0392. The van der Waals surface area contributed by atoms with Gasteiger partial charge in [-0.15, -0.1) is 0 Å². The third-order valence-corrected chi connectivity index (χ3v) is 3.58. The molecule has 2 aromatic rings. The van der Waals surface area contributed by atoms with Crippen LogP contribution < -0.4 is 5.32 Å². The largest absolute Gasteiger partial charge is 0.478 e. The Kier molecular flexibility index (Phi) is 4.61. The van der Waals surface area contributed by atoms with Gasteiger partial charge in [-0.1, -0.05) is 23.7 Å². The van der Waals surface area contributed by atoms with Crippen LogP contribution in [0.25, 0.3) is 0 Å². The van der Waals surface area contributed by atoms with Gasteiger partial charge in [-0.3, -0.25) is 4.79 Å². The number of halogens is 2. The molecule has 0 bridgehead atoms. The highest BCUT2D eigenvalue weighted by Crippen LogP contribution is 2.21. The summed E-state index contributed by atoms with van der Waals surface area (Å²) in [5, 5.41) is 12.0. The van der Waals surface area contributed by atoms with Gasteiger partial charge >= 0.3 is 5.97 Å². The lowest BCUT2D eigenvalue weighted by molar-refractivity contribution is 0.0698. The van der Waals surface area contributed by atoms with Gasteiger partial charge in [0.25, 0.3) is 5.91 Å². The number of nitrogens with one attached hydrogen (secondary N) is 1. The minimum atomic E-state index is -1.10. The number of carbonyl (C=O) groups is 2. The number of amides is 1. The van der Waals surface area contributed by atoms with E-state index in [1.165, 1.54) is 6.07 Å². The van der Waals surface area contributed by atoms with Crippen molar-refractivity contribution in [2.45, 2.75) is 0 Å². The highest BCUT2D eigenvalue weighted by Gasteiger charge is 2.15. The summed E-state index contributed by atoms with van der Waals surface area (Å²) in [4.78, 5) is 23.3. The Bertz CT molecular complexity index is 688. The zero-order chi connectivity index (χ0) is 14.7. The first-order valence-corrected chi connectivity index (χ1v) is 7.03. The number of benzene rings is 2. The fourth-order valence-corrected chi connectivity index (χ4v) is 2.35. The van der Waals surface area contributed by atoms with E-state index in [4.69, 9.17) is 16.7 Å². The summed E-state index contributed by atoms with van der Waals surface area (Å²) in [6.07, 6.45) is 0. The summed E-state index contributed by atoms with van der Waals surface area (Å²) in [7, 11) is 0. The van der Waals surface area contributed by atoms with Crippen molar-refractivity contribution in [1.82, 2.24) is 0 Å². The van der Waals surface area contributed by atoms with Crippen molar-refractivity contribution < 1.29 is 14.7 Å². The van der Waals surface area contributed by atoms with E-state index in [1.807, 2.05) is 22.6 Å². The average Bonchev–Trinajstić information content (AvgIpc) is 2.41. The Hall–Kier alpha value is -1.60. The Morgan fingerprint density at radius 1 is 1.10 bits per heavy atom. The van der Waals surface area contributed by atoms with Gasteiger partial charge in [-0.05, 0) is 52.9 Å². The lowest BCUT2D eigenvalue weighted by atomic mass is 10.1. The van der Waals surface area contributed by atoms with Crippen LogP contribution in [0.3, 0.4) is 0 Å². The molecule has 4 nitrogen and oxygen atoms in total. The Morgan fingerprint density at radius 2 is 1.80 bits per heavy atom. The van der Waals surface area contributed by atoms with E-state index in [0.717, 1.165) is 3.57 Å². The lowest BCUT2D eigenvalue weighted by Crippen LogP contribution is -2.15. The molecule has 0 radical (unpaired) electrons. The molecule has 0 fully saturated rings. The molecule has 20 heavy (non-hydrogen) atoms. The number of hydrogen-bond donors (Lipinski definition) is 2. The molecule has 1 amide bonds. The van der Waals surface area contributed by atoms with Crippen molar-refractivity contribution in [3.63, 3.8) is 0 Å². The molecule has 2 rings (SSSR count). The first kappa shape index (κ1) is 14.8. The van der Waals surface area contributed by atoms with E-state index in [0.29, 0.717) is 10.6 Å². The Labute approximate surface area is 133 Å². The number of carboxylic acid groups (broad SMARTS) is 1. The van der Waals surface area contributed by atoms with Crippen molar-refractivity contribution in [3.8, 4) is 0 Å². The summed E-state index contributed by atoms with van der Waals surface area (Å²) in [6, 6.07) is 11.3. The lowest BCUT2D eigenvalue weighted by Gasteiger charge is -2.09. The summed E-state index contributed by atoms with van der Waals surface area (Å²) in [6.45, 7) is 0. The van der Waals surface area contributed by atoms with Gasteiger partial charge in [0.15, 0.2) is 0 Å². The maximum absolute atomic E-state index is 12.1. The smallest absolute Gasteiger partial charge is 0.337 e. The van der Waals surface area contributed by atoms with Gasteiger partial charge in [-0.2, -0.15) is 0 Å². The first-order chi connectivity index (χ1) is 9.49. The van der Waals surface area contributed by atoms with Gasteiger partial charge in [-0.25, -0.2) is 4.79 Å². The van der Waals surface area contributed by atoms with Crippen LogP contribution in [0, 0.1) is 3.57 Å². The van der Waals surface area contributed by atoms with Crippen LogP contribution in [0.5, 0.6) is 0 Å². The van der Waals surface area contributed by atoms with E-state index in [-0.39, 0.29) is 11.3 Å². The van der Waals surface area contributed by atoms with Crippen LogP contribution >= 0.6 is 34.2 Å². The average molecular weight is 402 g/mol. The third-order valence-electron chi connectivity index (χ3n) is 2.58. The number of hydrogen-bond acceptors (Lipinski definition) is 2. The van der Waals surface area contributed by atoms with Crippen LogP contribution in [-0.4, -0.2) is 17.0 Å². The molecule has 2 aromatic carbocycles. The predicted molar refractivity (Wildman–Crippen MR) is 85.5 cm³/mol. The summed E-state index contributed by atoms with van der Waals surface area (Å²) >= 11 is 7.94. The summed E-state index contributed by atoms with van der Waals surface area (Å²) in [5.74, 6) is -1.54. The van der Waals surface area contributed by atoms with Gasteiger partial charge < -0.3 is 10.4 Å². The van der Waals surface area contributed by atoms with Crippen molar-refractivity contribution in [2.24, 2.45) is 0 Å². The Balaban J connectivity index is 2.33. The molecule has 0 atom stereocenters. The topological polar surface area (TPSA) is 66.4 Å². The SMILES string of the molecule is O=C(Nc1ccc(I)cc1C(=O)O)c1ccccc1Cl. The second-order valence-electron chi connectivity index (χ2n) is 3.93. The highest BCUT2D eigenvalue weighted by atomic mass is 127. The maximum atomic E-state index is 12.1. The van der Waals surface area contributed by atoms with E-state index in [1.54, 1.807) is 36.4 Å². The fourth-order valence-electron chi connectivity index (χ4n) is 1.64. The second-order valence-corrected chi connectivity index (χ2v) is 5.58. The van der Waals surface area contributed by atoms with E-state index < -0.39 is 11.9 Å². The van der Waals surface area contributed by atoms with Crippen LogP contribution in [0.15, 0.2) is 42.5 Å². The number of aromatic carboxylic acids is 1. The molecule has 0 saturated carbocycles. The number of carbonyl (C=O) groups excluding carboxylic acids is 1. The standard InChI is InChI=1S/C14H9ClINO3/c15-11-4-2-1-3-9(11)13(18)17-12-6-5-8(16)7-10(12)14(19)20/h1-7H,(H,17,18)(H,19,20). The second kappa shape index (κ2) is 6.23. The minimum Gasteiger partial charge on any atom is -0.478 e. The molecule has 0 aromatic heterocycles. The molecule has 0 aliphatic carbocycles. The van der Waals surface area contributed by atoms with Crippen molar-refractivity contribution in [1.29, 1.82) is 0 Å². The molecule has 0 aliphatic rings. The van der Waals surface area contributed by atoms with E-state index in [9.17, 15) is 9.59 Å². The van der Waals surface area contributed by atoms with Crippen LogP contribution in [-0.2, 0) is 0 Å². The molecule has 0 heterocycles. The van der Waals surface area contributed by atoms with Crippen molar-refractivity contribution in [2.75, 3.05) is 5.32 Å². The first-order valence-electron chi connectivity index (χ1n) is 5.58. The normalized spacial score (nSPS) is 10.1. The molecule has 6 heteroatoms. The van der Waals surface area contributed by atoms with Crippen molar-refractivity contribution in [3.05, 3.63) is 62.2 Å². The van der Waals surface area contributed by atoms with Crippen LogP contribution in [0.1, 0.15) is 20.7 Å².